The molecule has 0 spiro atoms. The number of nitrogens with one attached hydrogen (secondary N) is 3. The number of esters is 1. The van der Waals surface area contributed by atoms with Crippen LogP contribution in [-0.2, 0) is 30.3 Å². The van der Waals surface area contributed by atoms with Gasteiger partial charge in [0.1, 0.15) is 12.1 Å². The Balaban J connectivity index is 2.14. The van der Waals surface area contributed by atoms with Gasteiger partial charge < -0.3 is 25.2 Å². The van der Waals surface area contributed by atoms with Crippen molar-refractivity contribution in [2.75, 3.05) is 7.11 Å². The smallest absolute Gasteiger partial charge is 0.328 e. The molecule has 31 heavy (non-hydrogen) atoms. The molecule has 2 atom stereocenters. The Kier molecular flexibility index (Phi) is 8.46. The highest BCUT2D eigenvalue weighted by Crippen LogP contribution is 2.21. The summed E-state index contributed by atoms with van der Waals surface area (Å²) in [6.07, 6.45) is 1.35. The highest BCUT2D eigenvalue weighted by Gasteiger charge is 2.28. The number of ketones is 1. The van der Waals surface area contributed by atoms with Crippen molar-refractivity contribution in [1.29, 1.82) is 10.7 Å². The Bertz CT molecular complexity index is 1000. The summed E-state index contributed by atoms with van der Waals surface area (Å²) < 4.78 is 10.5. The van der Waals surface area contributed by atoms with Crippen molar-refractivity contribution >= 4 is 34.8 Å². The normalized spacial score (nSPS) is 12.7. The number of hydrogen-bond donors (Lipinski definition) is 3. The first-order chi connectivity index (χ1) is 14.8. The lowest BCUT2D eigenvalue weighted by Gasteiger charge is -2.22. The van der Waals surface area contributed by atoms with Gasteiger partial charge in [0, 0.05) is 37.1 Å². The lowest BCUT2D eigenvalue weighted by molar-refractivity contribution is -0.152. The summed E-state index contributed by atoms with van der Waals surface area (Å²) in [5, 5.41) is 19.5. The van der Waals surface area contributed by atoms with Crippen molar-refractivity contribution in [3.05, 3.63) is 35.5 Å². The zero-order chi connectivity index (χ0) is 23.0. The van der Waals surface area contributed by atoms with Crippen molar-refractivity contribution in [2.24, 2.45) is 0 Å². The second kappa shape index (κ2) is 11.0. The van der Waals surface area contributed by atoms with Crippen LogP contribution in [-0.4, -0.2) is 54.2 Å². The van der Waals surface area contributed by atoms with E-state index in [0.717, 1.165) is 16.5 Å². The third-order valence-electron chi connectivity index (χ3n) is 4.67. The number of benzene rings is 1. The summed E-state index contributed by atoms with van der Waals surface area (Å²) in [6.45, 7) is 3.37. The molecule has 1 aromatic carbocycles. The van der Waals surface area contributed by atoms with Crippen LogP contribution in [0.15, 0.2) is 24.4 Å². The molecule has 0 aliphatic rings. The van der Waals surface area contributed by atoms with E-state index in [1.54, 1.807) is 38.2 Å². The van der Waals surface area contributed by atoms with Gasteiger partial charge >= 0.3 is 5.97 Å². The number of rotatable bonds is 11. The van der Waals surface area contributed by atoms with Gasteiger partial charge in [0.25, 0.3) is 0 Å². The zero-order valence-electron chi connectivity index (χ0n) is 17.7. The molecule has 0 saturated heterocycles. The fourth-order valence-corrected chi connectivity index (χ4v) is 3.09. The first kappa shape index (κ1) is 23.8. The van der Waals surface area contributed by atoms with E-state index in [2.05, 4.69) is 16.4 Å². The van der Waals surface area contributed by atoms with Crippen LogP contribution in [0.3, 0.4) is 0 Å². The van der Waals surface area contributed by atoms with Gasteiger partial charge in [-0.1, -0.05) is 6.07 Å². The quantitative estimate of drug-likeness (QED) is 0.370. The van der Waals surface area contributed by atoms with Crippen LogP contribution in [0, 0.1) is 16.7 Å². The molecule has 3 N–H and O–H groups in total. The summed E-state index contributed by atoms with van der Waals surface area (Å²) in [5.74, 6) is -1.61. The molecule has 9 nitrogen and oxygen atoms in total. The number of fused-ring (bicyclic) bond motifs is 1. The van der Waals surface area contributed by atoms with Gasteiger partial charge in [0.2, 0.25) is 5.91 Å². The van der Waals surface area contributed by atoms with Gasteiger partial charge in [-0.05, 0) is 38.0 Å². The topological polar surface area (TPSA) is 145 Å². The predicted octanol–water partition coefficient (Wildman–Crippen LogP) is 2.03. The average Bonchev–Trinajstić information content (AvgIpc) is 3.15. The van der Waals surface area contributed by atoms with Crippen molar-refractivity contribution in [3.8, 4) is 6.07 Å². The SMILES string of the molecule is CO[C@@H](Cc1c[nH]c2cc(C#N)ccc12)C(=O)N[C@@H](CCC(=O)C=N)C(=O)OC(C)C. The van der Waals surface area contributed by atoms with Gasteiger partial charge in [0.15, 0.2) is 5.78 Å². The fraction of sp³-hybridized carbons (Fsp3) is 0.409. The number of Topliss-reactive ketones (excluding diaryl/α,β-unsaturated/α-hetero) is 1. The number of aromatic amines is 1. The summed E-state index contributed by atoms with van der Waals surface area (Å²) >= 11 is 0. The Labute approximate surface area is 180 Å². The van der Waals surface area contributed by atoms with Crippen LogP contribution >= 0.6 is 0 Å². The van der Waals surface area contributed by atoms with E-state index in [-0.39, 0.29) is 25.4 Å². The predicted molar refractivity (Wildman–Crippen MR) is 114 cm³/mol. The molecule has 0 saturated carbocycles. The third-order valence-corrected chi connectivity index (χ3v) is 4.67. The number of amides is 1. The maximum Gasteiger partial charge on any atom is 0.328 e. The summed E-state index contributed by atoms with van der Waals surface area (Å²) in [4.78, 5) is 39.7. The fourth-order valence-electron chi connectivity index (χ4n) is 3.09. The monoisotopic (exact) mass is 426 g/mol. The molecule has 0 bridgehead atoms. The van der Waals surface area contributed by atoms with Crippen molar-refractivity contribution in [1.82, 2.24) is 10.3 Å². The molecular weight excluding hydrogens is 400 g/mol. The number of aromatic nitrogens is 1. The first-order valence-electron chi connectivity index (χ1n) is 9.86. The van der Waals surface area contributed by atoms with Crippen LogP contribution in [0.2, 0.25) is 0 Å². The van der Waals surface area contributed by atoms with Crippen LogP contribution in [0.5, 0.6) is 0 Å². The van der Waals surface area contributed by atoms with E-state index in [1.165, 1.54) is 7.11 Å². The average molecular weight is 426 g/mol. The minimum Gasteiger partial charge on any atom is -0.461 e. The maximum absolute atomic E-state index is 12.8. The molecule has 2 aromatic rings. The second-order valence-electron chi connectivity index (χ2n) is 7.31. The molecule has 0 unspecified atom stereocenters. The van der Waals surface area contributed by atoms with E-state index in [9.17, 15) is 14.4 Å². The molecule has 0 aliphatic carbocycles. The van der Waals surface area contributed by atoms with Crippen molar-refractivity contribution < 1.29 is 23.9 Å². The number of carbonyl (C=O) groups is 3. The molecule has 164 valence electrons. The summed E-state index contributed by atoms with van der Waals surface area (Å²) in [7, 11) is 1.40. The van der Waals surface area contributed by atoms with E-state index < -0.39 is 29.8 Å². The van der Waals surface area contributed by atoms with E-state index in [1.807, 2.05) is 0 Å². The highest BCUT2D eigenvalue weighted by atomic mass is 16.5. The van der Waals surface area contributed by atoms with Crippen molar-refractivity contribution in [3.63, 3.8) is 0 Å². The first-order valence-corrected chi connectivity index (χ1v) is 9.86. The highest BCUT2D eigenvalue weighted by molar-refractivity contribution is 6.26. The maximum atomic E-state index is 12.8. The molecule has 1 amide bonds. The number of nitriles is 1. The zero-order valence-corrected chi connectivity index (χ0v) is 17.7. The van der Waals surface area contributed by atoms with Crippen LogP contribution < -0.4 is 5.32 Å². The molecule has 0 aliphatic heterocycles. The number of methoxy groups -OCH3 is 1. The van der Waals surface area contributed by atoms with Gasteiger partial charge in [-0.25, -0.2) is 4.79 Å². The Morgan fingerprint density at radius 1 is 1.32 bits per heavy atom. The lowest BCUT2D eigenvalue weighted by atomic mass is 10.0. The minimum absolute atomic E-state index is 0.0198. The van der Waals surface area contributed by atoms with Crippen LogP contribution in [0.4, 0.5) is 0 Å². The van der Waals surface area contributed by atoms with Gasteiger partial charge in [-0.15, -0.1) is 0 Å². The van der Waals surface area contributed by atoms with Gasteiger partial charge in [0.05, 0.1) is 24.0 Å². The minimum atomic E-state index is -1.03. The number of H-pyrrole nitrogens is 1. The molecule has 2 rings (SSSR count). The Hall–Kier alpha value is -3.51. The van der Waals surface area contributed by atoms with Crippen LogP contribution in [0.1, 0.15) is 37.8 Å². The van der Waals surface area contributed by atoms with Crippen LogP contribution in [0.25, 0.3) is 10.9 Å². The second-order valence-corrected chi connectivity index (χ2v) is 7.31. The molecule has 0 radical (unpaired) electrons. The van der Waals surface area contributed by atoms with E-state index in [4.69, 9.17) is 20.1 Å². The number of nitrogens with zero attached hydrogens (tertiary/aromatic N) is 1. The summed E-state index contributed by atoms with van der Waals surface area (Å²) in [5.41, 5.74) is 2.11. The van der Waals surface area contributed by atoms with E-state index in [0.29, 0.717) is 11.8 Å². The molecule has 9 heteroatoms. The third kappa shape index (κ3) is 6.49. The number of ether oxygens (including phenoxy) is 2. The van der Waals surface area contributed by atoms with Gasteiger partial charge in [-0.2, -0.15) is 5.26 Å². The Morgan fingerprint density at radius 2 is 2.06 bits per heavy atom. The number of hydrogen-bond acceptors (Lipinski definition) is 7. The number of carbonyl (C=O) groups excluding carboxylic acids is 3. The lowest BCUT2D eigenvalue weighted by Crippen LogP contribution is -2.48. The van der Waals surface area contributed by atoms with Gasteiger partial charge in [-0.3, -0.25) is 9.59 Å². The van der Waals surface area contributed by atoms with E-state index >= 15 is 0 Å². The standard InChI is InChI=1S/C22H26N4O5/c1-13(2)31-22(29)18(7-5-16(27)11-24)26-21(28)20(30-3)9-15-12-25-19-8-14(10-23)4-6-17(15)19/h4,6,8,11-13,18,20,24-25H,5,7,9H2,1-3H3,(H,26,28)/t18-,20-/m0/s1. The molecule has 1 heterocycles. The molecular formula is C22H26N4O5. The van der Waals surface area contributed by atoms with Crippen molar-refractivity contribution in [2.45, 2.75) is 51.4 Å². The Morgan fingerprint density at radius 3 is 2.68 bits per heavy atom. The molecule has 1 aromatic heterocycles. The largest absolute Gasteiger partial charge is 0.461 e. The summed E-state index contributed by atoms with van der Waals surface area (Å²) in [6, 6.07) is 6.26. The molecule has 0 fully saturated rings.